The van der Waals surface area contributed by atoms with E-state index in [1.54, 1.807) is 11.1 Å². The highest BCUT2D eigenvalue weighted by Gasteiger charge is 2.27. The summed E-state index contributed by atoms with van der Waals surface area (Å²) in [5.41, 5.74) is 1.66. The minimum absolute atomic E-state index is 0.136. The standard InChI is InChI=1S/C23H32N4O/c1-25-12-10-22(11-13-25)26(2)23(28)21(17-24)18-27-14-8-20(9-15-27)16-19-6-4-3-5-7-19/h3-7,18,20,22H,8-16H2,1-2H3/b21-18-. The van der Waals surface area contributed by atoms with E-state index >= 15 is 0 Å². The molecule has 0 aromatic heterocycles. The maximum Gasteiger partial charge on any atom is 0.265 e. The fraction of sp³-hybridized carbons (Fsp3) is 0.565. The van der Waals surface area contributed by atoms with E-state index in [2.05, 4.69) is 53.2 Å². The number of piperidine rings is 2. The van der Waals surface area contributed by atoms with Crippen LogP contribution in [0, 0.1) is 17.2 Å². The maximum absolute atomic E-state index is 12.8. The molecule has 0 atom stereocenters. The van der Waals surface area contributed by atoms with Crippen molar-refractivity contribution in [3.63, 3.8) is 0 Å². The zero-order valence-corrected chi connectivity index (χ0v) is 17.2. The SMILES string of the molecule is CN1CCC(N(C)C(=O)/C(C#N)=C\N2CCC(Cc3ccccc3)CC2)CC1. The first-order valence-electron chi connectivity index (χ1n) is 10.4. The third kappa shape index (κ3) is 5.36. The Kier molecular flexibility index (Phi) is 7.11. The lowest BCUT2D eigenvalue weighted by molar-refractivity contribution is -0.128. The molecule has 2 heterocycles. The van der Waals surface area contributed by atoms with E-state index in [1.807, 2.05) is 7.05 Å². The normalized spacial score (nSPS) is 20.0. The molecule has 2 saturated heterocycles. The molecule has 1 amide bonds. The van der Waals surface area contributed by atoms with Crippen LogP contribution in [-0.4, -0.2) is 66.9 Å². The first kappa shape index (κ1) is 20.4. The number of likely N-dealkylation sites (tertiary alicyclic amines) is 2. The molecule has 0 aliphatic carbocycles. The van der Waals surface area contributed by atoms with Crippen LogP contribution in [0.2, 0.25) is 0 Å². The van der Waals surface area contributed by atoms with E-state index in [9.17, 15) is 10.1 Å². The third-order valence-electron chi connectivity index (χ3n) is 6.24. The van der Waals surface area contributed by atoms with Crippen LogP contribution in [0.3, 0.4) is 0 Å². The number of hydrogen-bond acceptors (Lipinski definition) is 4. The first-order chi connectivity index (χ1) is 13.6. The van der Waals surface area contributed by atoms with Crippen molar-refractivity contribution in [2.24, 2.45) is 5.92 Å². The van der Waals surface area contributed by atoms with Crippen molar-refractivity contribution in [1.29, 1.82) is 5.26 Å². The highest BCUT2D eigenvalue weighted by molar-refractivity contribution is 5.97. The highest BCUT2D eigenvalue weighted by atomic mass is 16.2. The summed E-state index contributed by atoms with van der Waals surface area (Å²) in [6.45, 7) is 3.83. The smallest absolute Gasteiger partial charge is 0.265 e. The van der Waals surface area contributed by atoms with Gasteiger partial charge >= 0.3 is 0 Å². The van der Waals surface area contributed by atoms with Crippen molar-refractivity contribution in [2.75, 3.05) is 40.3 Å². The largest absolute Gasteiger partial charge is 0.376 e. The summed E-state index contributed by atoms with van der Waals surface area (Å²) in [6.07, 6.45) is 7.06. The lowest BCUT2D eigenvalue weighted by atomic mass is 9.90. The van der Waals surface area contributed by atoms with Gasteiger partial charge in [0.1, 0.15) is 11.6 Å². The van der Waals surface area contributed by atoms with Gasteiger partial charge in [0.2, 0.25) is 0 Å². The summed E-state index contributed by atoms with van der Waals surface area (Å²) in [6, 6.07) is 13.0. The second-order valence-corrected chi connectivity index (χ2v) is 8.27. The molecule has 28 heavy (non-hydrogen) atoms. The lowest BCUT2D eigenvalue weighted by Crippen LogP contribution is -2.45. The molecule has 2 aliphatic rings. The van der Waals surface area contributed by atoms with Crippen LogP contribution in [0.25, 0.3) is 0 Å². The monoisotopic (exact) mass is 380 g/mol. The molecule has 0 bridgehead atoms. The Balaban J connectivity index is 1.53. The summed E-state index contributed by atoms with van der Waals surface area (Å²) < 4.78 is 0. The molecule has 1 aromatic carbocycles. The van der Waals surface area contributed by atoms with Crippen molar-refractivity contribution in [3.8, 4) is 6.07 Å². The van der Waals surface area contributed by atoms with E-state index in [-0.39, 0.29) is 17.5 Å². The summed E-state index contributed by atoms with van der Waals surface area (Å²) >= 11 is 0. The van der Waals surface area contributed by atoms with Crippen molar-refractivity contribution in [3.05, 3.63) is 47.7 Å². The number of benzene rings is 1. The van der Waals surface area contributed by atoms with E-state index in [0.717, 1.165) is 58.3 Å². The van der Waals surface area contributed by atoms with Crippen LogP contribution >= 0.6 is 0 Å². The zero-order chi connectivity index (χ0) is 19.9. The van der Waals surface area contributed by atoms with Crippen LogP contribution < -0.4 is 0 Å². The fourth-order valence-corrected chi connectivity index (χ4v) is 4.29. The molecular weight excluding hydrogens is 348 g/mol. The number of nitriles is 1. The molecule has 1 aromatic rings. The van der Waals surface area contributed by atoms with Gasteiger partial charge in [-0.3, -0.25) is 4.79 Å². The number of hydrogen-bond donors (Lipinski definition) is 0. The molecule has 150 valence electrons. The Morgan fingerprint density at radius 1 is 1.14 bits per heavy atom. The lowest BCUT2D eigenvalue weighted by Gasteiger charge is -2.35. The second-order valence-electron chi connectivity index (χ2n) is 8.27. The van der Waals surface area contributed by atoms with Crippen molar-refractivity contribution < 1.29 is 4.79 Å². The quantitative estimate of drug-likeness (QED) is 0.582. The molecular formula is C23H32N4O. The minimum Gasteiger partial charge on any atom is -0.376 e. The second kappa shape index (κ2) is 9.75. The number of carbonyl (C=O) groups is 1. The van der Waals surface area contributed by atoms with E-state index in [0.29, 0.717) is 5.92 Å². The van der Waals surface area contributed by atoms with Crippen LogP contribution in [0.4, 0.5) is 0 Å². The predicted molar refractivity (Wildman–Crippen MR) is 111 cm³/mol. The topological polar surface area (TPSA) is 50.6 Å². The molecule has 2 fully saturated rings. The van der Waals surface area contributed by atoms with Gasteiger partial charge in [0.05, 0.1) is 0 Å². The maximum atomic E-state index is 12.8. The molecule has 0 N–H and O–H groups in total. The van der Waals surface area contributed by atoms with Gasteiger partial charge in [0.15, 0.2) is 0 Å². The van der Waals surface area contributed by atoms with Crippen molar-refractivity contribution in [1.82, 2.24) is 14.7 Å². The molecule has 0 saturated carbocycles. The average molecular weight is 381 g/mol. The molecule has 5 nitrogen and oxygen atoms in total. The van der Waals surface area contributed by atoms with Gasteiger partial charge in [-0.15, -0.1) is 0 Å². The predicted octanol–water partition coefficient (Wildman–Crippen LogP) is 2.90. The zero-order valence-electron chi connectivity index (χ0n) is 17.2. The van der Waals surface area contributed by atoms with Gasteiger partial charge < -0.3 is 14.7 Å². The molecule has 3 rings (SSSR count). The van der Waals surface area contributed by atoms with E-state index < -0.39 is 0 Å². The Bertz CT molecular complexity index is 708. The molecule has 0 unspecified atom stereocenters. The Hall–Kier alpha value is -2.32. The van der Waals surface area contributed by atoms with Gasteiger partial charge in [0, 0.05) is 32.4 Å². The Morgan fingerprint density at radius 2 is 1.79 bits per heavy atom. The number of likely N-dealkylation sites (N-methyl/N-ethyl adjacent to an activating group) is 1. The minimum atomic E-state index is -0.136. The summed E-state index contributed by atoms with van der Waals surface area (Å²) in [5.74, 6) is 0.540. The van der Waals surface area contributed by atoms with Gasteiger partial charge in [-0.2, -0.15) is 5.26 Å². The number of rotatable bonds is 5. The Labute approximate surface area is 169 Å². The average Bonchev–Trinajstić information content (AvgIpc) is 2.73. The van der Waals surface area contributed by atoms with Gasteiger partial charge in [0.25, 0.3) is 5.91 Å². The van der Waals surface area contributed by atoms with Gasteiger partial charge in [-0.05, 0) is 63.7 Å². The summed E-state index contributed by atoms with van der Waals surface area (Å²) in [7, 11) is 3.95. The molecule has 0 radical (unpaired) electrons. The van der Waals surface area contributed by atoms with Crippen LogP contribution in [0.1, 0.15) is 31.2 Å². The number of amides is 1. The van der Waals surface area contributed by atoms with Crippen LogP contribution in [0.5, 0.6) is 0 Å². The Morgan fingerprint density at radius 3 is 2.39 bits per heavy atom. The van der Waals surface area contributed by atoms with E-state index in [4.69, 9.17) is 0 Å². The first-order valence-corrected chi connectivity index (χ1v) is 10.4. The number of nitrogens with zero attached hydrogens (tertiary/aromatic N) is 4. The van der Waals surface area contributed by atoms with Gasteiger partial charge in [-0.25, -0.2) is 0 Å². The van der Waals surface area contributed by atoms with Crippen LogP contribution in [-0.2, 0) is 11.2 Å². The van der Waals surface area contributed by atoms with E-state index in [1.165, 1.54) is 5.56 Å². The molecule has 5 heteroatoms. The third-order valence-corrected chi connectivity index (χ3v) is 6.24. The molecule has 0 spiro atoms. The highest BCUT2D eigenvalue weighted by Crippen LogP contribution is 2.23. The van der Waals surface area contributed by atoms with Crippen LogP contribution in [0.15, 0.2) is 42.1 Å². The van der Waals surface area contributed by atoms with Gasteiger partial charge in [-0.1, -0.05) is 30.3 Å². The van der Waals surface area contributed by atoms with Crippen molar-refractivity contribution >= 4 is 5.91 Å². The summed E-state index contributed by atoms with van der Waals surface area (Å²) in [5, 5.41) is 9.56. The van der Waals surface area contributed by atoms with Crippen molar-refractivity contribution in [2.45, 2.75) is 38.1 Å². The fourth-order valence-electron chi connectivity index (χ4n) is 4.29. The number of carbonyl (C=O) groups excluding carboxylic acids is 1. The summed E-state index contributed by atoms with van der Waals surface area (Å²) in [4.78, 5) is 19.1. The molecule has 2 aliphatic heterocycles.